The summed E-state index contributed by atoms with van der Waals surface area (Å²) in [6.07, 6.45) is 6.42. The van der Waals surface area contributed by atoms with Crippen LogP contribution in [0, 0.1) is 11.2 Å². The lowest BCUT2D eigenvalue weighted by atomic mass is 10.0. The summed E-state index contributed by atoms with van der Waals surface area (Å²) in [5.74, 6) is -1.20. The minimum atomic E-state index is -1.18. The van der Waals surface area contributed by atoms with Crippen LogP contribution in [0.25, 0.3) is 0 Å². The Morgan fingerprint density at radius 3 is 2.04 bits per heavy atom. The van der Waals surface area contributed by atoms with Gasteiger partial charge in [-0.05, 0) is 98.5 Å². The van der Waals surface area contributed by atoms with Crippen molar-refractivity contribution in [3.8, 4) is 11.6 Å². The summed E-state index contributed by atoms with van der Waals surface area (Å²) < 4.78 is 19.0. The number of amides is 2. The second-order valence-electron chi connectivity index (χ2n) is 11.4. The van der Waals surface area contributed by atoms with E-state index in [4.69, 9.17) is 4.74 Å². The number of carboxylic acid groups (broad SMARTS) is 1. The fraction of sp³-hybridized carbons (Fsp3) is 0.257. The first-order valence-electron chi connectivity index (χ1n) is 15.5. The molecule has 1 aliphatic carbocycles. The van der Waals surface area contributed by atoms with Gasteiger partial charge in [0, 0.05) is 41.4 Å². The fourth-order valence-corrected chi connectivity index (χ4v) is 4.89. The molecule has 1 fully saturated rings. The van der Waals surface area contributed by atoms with Gasteiger partial charge in [0.25, 0.3) is 0 Å². The van der Waals surface area contributed by atoms with Crippen molar-refractivity contribution in [1.29, 1.82) is 0 Å². The molecule has 12 nitrogen and oxygen atoms in total. The van der Waals surface area contributed by atoms with Crippen LogP contribution in [0.1, 0.15) is 44.9 Å². The Balaban J connectivity index is 1.11. The number of nitrogens with one attached hydrogen (secondary N) is 4. The number of hydrogen-bond donors (Lipinski definition) is 5. The maximum absolute atomic E-state index is 13.2. The molecule has 1 aliphatic rings. The number of aromatic nitrogens is 2. The Morgan fingerprint density at radius 1 is 0.833 bits per heavy atom. The number of anilines is 5. The van der Waals surface area contributed by atoms with Crippen LogP contribution in [0.2, 0.25) is 0 Å². The monoisotopic (exact) mass is 654 g/mol. The van der Waals surface area contributed by atoms with Gasteiger partial charge in [0.2, 0.25) is 23.6 Å². The number of unbranched alkanes of at least 4 members (excludes halogenated alkanes) is 3. The lowest BCUT2D eigenvalue weighted by Gasteiger charge is -2.16. The van der Waals surface area contributed by atoms with Gasteiger partial charge < -0.3 is 35.9 Å². The van der Waals surface area contributed by atoms with Crippen LogP contribution in [0.5, 0.6) is 11.6 Å². The zero-order valence-corrected chi connectivity index (χ0v) is 25.9. The van der Waals surface area contributed by atoms with Gasteiger partial charge in [0.15, 0.2) is 0 Å². The summed E-state index contributed by atoms with van der Waals surface area (Å²) in [7, 11) is 0. The van der Waals surface area contributed by atoms with Crippen LogP contribution < -0.4 is 26.0 Å². The number of carbonyl (C=O) groups excluding carboxylic acids is 3. The van der Waals surface area contributed by atoms with Crippen LogP contribution in [-0.2, 0) is 19.2 Å². The Kier molecular flexibility index (Phi) is 10.9. The van der Waals surface area contributed by atoms with E-state index in [9.17, 15) is 28.7 Å². The van der Waals surface area contributed by atoms with E-state index in [0.717, 1.165) is 19.1 Å². The topological polar surface area (TPSA) is 172 Å². The van der Waals surface area contributed by atoms with E-state index < -0.39 is 35.1 Å². The number of aliphatic carboxylic acids is 1. The molecule has 5 N–H and O–H groups in total. The smallest absolute Gasteiger partial charge is 0.326 e. The normalized spacial score (nSPS) is 13.4. The third-order valence-electron chi connectivity index (χ3n) is 7.78. The first-order valence-corrected chi connectivity index (χ1v) is 15.5. The van der Waals surface area contributed by atoms with Gasteiger partial charge in [-0.2, -0.15) is 4.98 Å². The highest BCUT2D eigenvalue weighted by atomic mass is 19.1. The standard InChI is InChI=1S/C35H35FN6O6/c36-23-6-8-25(9-7-23)39-32(46)35(19-20-35)33(47)40-26-14-16-28(17-15-26)48-30-18-21-37-34(42-30)41-27-12-10-24(11-13-27)38-29(31(44)45)5-3-1-2-4-22-43/h6-18,21-22,29,38H,1-5,19-20H2,(H,39,46)(H,40,47)(H,44,45)(H,37,41,42). The van der Waals surface area contributed by atoms with E-state index >= 15 is 0 Å². The van der Waals surface area contributed by atoms with Crippen LogP contribution in [0.3, 0.4) is 0 Å². The van der Waals surface area contributed by atoms with Crippen molar-refractivity contribution in [3.05, 3.63) is 90.9 Å². The number of halogens is 1. The molecule has 0 spiro atoms. The SMILES string of the molecule is O=CCCCCCC(Nc1ccc(Nc2nccc(Oc3ccc(NC(=O)C4(C(=O)Nc5ccc(F)cc5)CC4)cc3)n2)cc1)C(=O)O. The van der Waals surface area contributed by atoms with Crippen molar-refractivity contribution in [2.24, 2.45) is 5.41 Å². The average molecular weight is 655 g/mol. The second-order valence-corrected chi connectivity index (χ2v) is 11.4. The van der Waals surface area contributed by atoms with E-state index in [2.05, 4.69) is 31.2 Å². The third kappa shape index (κ3) is 9.12. The number of nitrogens with zero attached hydrogens (tertiary/aromatic N) is 2. The molecule has 0 radical (unpaired) electrons. The molecule has 1 aromatic heterocycles. The molecule has 48 heavy (non-hydrogen) atoms. The molecule has 2 amide bonds. The number of carboxylic acids is 1. The lowest BCUT2D eigenvalue weighted by Crippen LogP contribution is -2.35. The van der Waals surface area contributed by atoms with E-state index in [-0.39, 0.29) is 11.8 Å². The molecule has 1 atom stereocenters. The number of benzene rings is 3. The van der Waals surface area contributed by atoms with Gasteiger partial charge in [-0.1, -0.05) is 12.8 Å². The molecule has 5 rings (SSSR count). The van der Waals surface area contributed by atoms with Crippen molar-refractivity contribution in [1.82, 2.24) is 9.97 Å². The summed E-state index contributed by atoms with van der Waals surface area (Å²) in [6.45, 7) is 0. The zero-order valence-electron chi connectivity index (χ0n) is 25.9. The van der Waals surface area contributed by atoms with Gasteiger partial charge in [-0.15, -0.1) is 0 Å². The number of ether oxygens (including phenoxy) is 1. The van der Waals surface area contributed by atoms with E-state index in [1.807, 2.05) is 0 Å². The molecule has 248 valence electrons. The predicted octanol–water partition coefficient (Wildman–Crippen LogP) is 6.52. The molecule has 1 heterocycles. The van der Waals surface area contributed by atoms with Crippen molar-refractivity contribution in [2.45, 2.75) is 51.0 Å². The Bertz CT molecular complexity index is 1730. The fourth-order valence-electron chi connectivity index (χ4n) is 4.89. The number of carbonyl (C=O) groups is 4. The molecule has 0 saturated heterocycles. The van der Waals surface area contributed by atoms with Crippen LogP contribution in [-0.4, -0.2) is 45.2 Å². The third-order valence-corrected chi connectivity index (χ3v) is 7.78. The maximum Gasteiger partial charge on any atom is 0.326 e. The minimum Gasteiger partial charge on any atom is -0.480 e. The van der Waals surface area contributed by atoms with Crippen molar-refractivity contribution in [3.63, 3.8) is 0 Å². The van der Waals surface area contributed by atoms with Crippen LogP contribution >= 0.6 is 0 Å². The highest BCUT2D eigenvalue weighted by Gasteiger charge is 2.56. The molecule has 13 heteroatoms. The van der Waals surface area contributed by atoms with Crippen molar-refractivity contribution < 1.29 is 33.4 Å². The van der Waals surface area contributed by atoms with Gasteiger partial charge >= 0.3 is 5.97 Å². The summed E-state index contributed by atoms with van der Waals surface area (Å²) in [4.78, 5) is 56.5. The van der Waals surface area contributed by atoms with Crippen molar-refractivity contribution in [2.75, 3.05) is 21.3 Å². The van der Waals surface area contributed by atoms with Gasteiger partial charge in [-0.25, -0.2) is 14.2 Å². The van der Waals surface area contributed by atoms with Gasteiger partial charge in [0.1, 0.15) is 29.3 Å². The van der Waals surface area contributed by atoms with Crippen LogP contribution in [0.4, 0.5) is 33.1 Å². The maximum atomic E-state index is 13.2. The minimum absolute atomic E-state index is 0.273. The number of hydrogen-bond acceptors (Lipinski definition) is 9. The average Bonchev–Trinajstić information content (AvgIpc) is 3.90. The largest absolute Gasteiger partial charge is 0.480 e. The van der Waals surface area contributed by atoms with Gasteiger partial charge in [-0.3, -0.25) is 9.59 Å². The highest BCUT2D eigenvalue weighted by Crippen LogP contribution is 2.47. The summed E-state index contributed by atoms with van der Waals surface area (Å²) in [6, 6.07) is 19.9. The lowest BCUT2D eigenvalue weighted by molar-refractivity contribution is -0.138. The highest BCUT2D eigenvalue weighted by molar-refractivity contribution is 6.16. The second kappa shape index (κ2) is 15.6. The Hall–Kier alpha value is -5.85. The molecule has 4 aromatic rings. The molecular formula is C35H35FN6O6. The molecule has 0 bridgehead atoms. The number of aldehydes is 1. The molecule has 3 aromatic carbocycles. The zero-order chi connectivity index (χ0) is 33.9. The Morgan fingerprint density at radius 2 is 1.44 bits per heavy atom. The molecule has 1 saturated carbocycles. The summed E-state index contributed by atoms with van der Waals surface area (Å²) in [5, 5.41) is 21.2. The number of rotatable bonds is 17. The van der Waals surface area contributed by atoms with Crippen LogP contribution in [0.15, 0.2) is 85.1 Å². The first kappa shape index (κ1) is 33.5. The first-order chi connectivity index (χ1) is 23.2. The predicted molar refractivity (Wildman–Crippen MR) is 178 cm³/mol. The molecule has 0 aliphatic heterocycles. The molecule has 1 unspecified atom stereocenters. The van der Waals surface area contributed by atoms with E-state index in [1.165, 1.54) is 30.5 Å². The quantitative estimate of drug-likeness (QED) is 0.0479. The van der Waals surface area contributed by atoms with E-state index in [1.54, 1.807) is 54.6 Å². The summed E-state index contributed by atoms with van der Waals surface area (Å²) >= 11 is 0. The summed E-state index contributed by atoms with van der Waals surface area (Å²) in [5.41, 5.74) is 1.06. The van der Waals surface area contributed by atoms with Gasteiger partial charge in [0.05, 0.1) is 0 Å². The van der Waals surface area contributed by atoms with E-state index in [0.29, 0.717) is 60.6 Å². The molecular weight excluding hydrogens is 619 g/mol. The van der Waals surface area contributed by atoms with Crippen molar-refractivity contribution >= 4 is 52.8 Å². The Labute approximate surface area is 276 Å².